The number of rotatable bonds is 8. The van der Waals surface area contributed by atoms with Crippen molar-refractivity contribution in [3.63, 3.8) is 0 Å². The maximum atomic E-state index is 12.3. The lowest BCUT2D eigenvalue weighted by molar-refractivity contribution is -0.147. The number of aliphatic carboxylic acids is 1. The fourth-order valence-electron chi connectivity index (χ4n) is 2.26. The van der Waals surface area contributed by atoms with Gasteiger partial charge in [-0.25, -0.2) is 0 Å². The minimum absolute atomic E-state index is 0.188. The molecule has 1 heterocycles. The maximum Gasteiger partial charge on any atom is 0.324 e. The molecule has 0 radical (unpaired) electrons. The number of hydrogen-bond donors (Lipinski definition) is 2. The van der Waals surface area contributed by atoms with Gasteiger partial charge in [0, 0.05) is 12.6 Å². The minimum Gasteiger partial charge on any atom is -0.481 e. The minimum atomic E-state index is -3.91. The van der Waals surface area contributed by atoms with Crippen LogP contribution >= 0.6 is 0 Å². The van der Waals surface area contributed by atoms with Crippen LogP contribution in [-0.4, -0.2) is 55.0 Å². The van der Waals surface area contributed by atoms with Crippen LogP contribution in [0.1, 0.15) is 39.5 Å². The fourth-order valence-corrected chi connectivity index (χ4v) is 3.96. The number of nitrogens with one attached hydrogen (secondary N) is 1. The van der Waals surface area contributed by atoms with Crippen LogP contribution in [0.3, 0.4) is 0 Å². The summed E-state index contributed by atoms with van der Waals surface area (Å²) in [6, 6.07) is -1.53. The molecule has 2 atom stereocenters. The molecule has 1 saturated heterocycles. The van der Waals surface area contributed by atoms with Gasteiger partial charge in [-0.05, 0) is 26.2 Å². The van der Waals surface area contributed by atoms with Gasteiger partial charge in [0.25, 0.3) is 10.2 Å². The molecular formula is C12H22N2O6S. The number of esters is 1. The Morgan fingerprint density at radius 1 is 1.43 bits per heavy atom. The highest BCUT2D eigenvalue weighted by molar-refractivity contribution is 7.87. The first-order valence-corrected chi connectivity index (χ1v) is 8.43. The summed E-state index contributed by atoms with van der Waals surface area (Å²) in [6.45, 7) is 3.77. The number of ether oxygens (including phenoxy) is 1. The molecule has 1 aliphatic heterocycles. The molecule has 9 heteroatoms. The summed E-state index contributed by atoms with van der Waals surface area (Å²) in [4.78, 5) is 22.5. The molecule has 1 aliphatic rings. The van der Waals surface area contributed by atoms with Crippen molar-refractivity contribution in [2.24, 2.45) is 0 Å². The SMILES string of the molecule is CCOC(=O)C1CCCN1S(=O)(=O)NC(CC)CC(=O)O. The Hall–Kier alpha value is -1.19. The molecule has 2 unspecified atom stereocenters. The van der Waals surface area contributed by atoms with Gasteiger partial charge in [0.05, 0.1) is 13.0 Å². The predicted molar refractivity (Wildman–Crippen MR) is 74.7 cm³/mol. The second kappa shape index (κ2) is 7.71. The predicted octanol–water partition coefficient (Wildman–Crippen LogP) is 0.102. The summed E-state index contributed by atoms with van der Waals surface area (Å²) >= 11 is 0. The van der Waals surface area contributed by atoms with Crippen LogP contribution in [0.25, 0.3) is 0 Å². The van der Waals surface area contributed by atoms with E-state index in [4.69, 9.17) is 9.84 Å². The Labute approximate surface area is 124 Å². The zero-order chi connectivity index (χ0) is 16.0. The number of carboxylic acid groups (broad SMARTS) is 1. The number of carboxylic acids is 1. The third-order valence-electron chi connectivity index (χ3n) is 3.30. The average molecular weight is 322 g/mol. The summed E-state index contributed by atoms with van der Waals surface area (Å²) in [7, 11) is -3.91. The van der Waals surface area contributed by atoms with Gasteiger partial charge in [-0.15, -0.1) is 0 Å². The van der Waals surface area contributed by atoms with Crippen molar-refractivity contribution in [3.8, 4) is 0 Å². The first-order chi connectivity index (χ1) is 9.81. The lowest BCUT2D eigenvalue weighted by Gasteiger charge is -2.25. The molecule has 1 rings (SSSR count). The van der Waals surface area contributed by atoms with Crippen LogP contribution < -0.4 is 4.72 Å². The van der Waals surface area contributed by atoms with Gasteiger partial charge in [0.2, 0.25) is 0 Å². The van der Waals surface area contributed by atoms with Gasteiger partial charge < -0.3 is 9.84 Å². The van der Waals surface area contributed by atoms with Crippen molar-refractivity contribution >= 4 is 22.1 Å². The lowest BCUT2D eigenvalue weighted by Crippen LogP contribution is -2.50. The molecule has 0 aromatic rings. The van der Waals surface area contributed by atoms with Gasteiger partial charge in [-0.1, -0.05) is 6.92 Å². The number of hydrogen-bond acceptors (Lipinski definition) is 5. The molecule has 0 amide bonds. The van der Waals surface area contributed by atoms with E-state index in [1.165, 1.54) is 0 Å². The van der Waals surface area contributed by atoms with E-state index in [-0.39, 0.29) is 19.6 Å². The Morgan fingerprint density at radius 2 is 2.10 bits per heavy atom. The number of carbonyl (C=O) groups is 2. The van der Waals surface area contributed by atoms with Crippen molar-refractivity contribution in [1.29, 1.82) is 0 Å². The van der Waals surface area contributed by atoms with Crippen molar-refractivity contribution < 1.29 is 27.9 Å². The van der Waals surface area contributed by atoms with E-state index in [0.717, 1.165) is 4.31 Å². The van der Waals surface area contributed by atoms with Crippen LogP contribution in [0, 0.1) is 0 Å². The molecule has 0 aliphatic carbocycles. The monoisotopic (exact) mass is 322 g/mol. The summed E-state index contributed by atoms with van der Waals surface area (Å²) in [5, 5.41) is 8.76. The van der Waals surface area contributed by atoms with E-state index in [1.807, 2.05) is 0 Å². The molecule has 1 fully saturated rings. The highest BCUT2D eigenvalue weighted by Crippen LogP contribution is 2.22. The van der Waals surface area contributed by atoms with Crippen molar-refractivity contribution in [1.82, 2.24) is 9.03 Å². The van der Waals surface area contributed by atoms with E-state index < -0.39 is 34.2 Å². The molecule has 2 N–H and O–H groups in total. The normalized spacial score (nSPS) is 21.1. The smallest absolute Gasteiger partial charge is 0.324 e. The largest absolute Gasteiger partial charge is 0.481 e. The molecule has 122 valence electrons. The third-order valence-corrected chi connectivity index (χ3v) is 4.99. The highest BCUT2D eigenvalue weighted by atomic mass is 32.2. The maximum absolute atomic E-state index is 12.3. The first-order valence-electron chi connectivity index (χ1n) is 6.99. The van der Waals surface area contributed by atoms with Gasteiger partial charge in [0.15, 0.2) is 0 Å². The topological polar surface area (TPSA) is 113 Å². The van der Waals surface area contributed by atoms with E-state index >= 15 is 0 Å². The zero-order valence-electron chi connectivity index (χ0n) is 12.2. The Balaban J connectivity index is 2.80. The number of nitrogens with zero attached hydrogens (tertiary/aromatic N) is 1. The van der Waals surface area contributed by atoms with E-state index in [9.17, 15) is 18.0 Å². The Kier molecular flexibility index (Phi) is 6.56. The summed E-state index contributed by atoms with van der Waals surface area (Å²) in [5.41, 5.74) is 0. The van der Waals surface area contributed by atoms with Gasteiger partial charge in [-0.3, -0.25) is 9.59 Å². The quantitative estimate of drug-likeness (QED) is 0.613. The highest BCUT2D eigenvalue weighted by Gasteiger charge is 2.40. The van der Waals surface area contributed by atoms with E-state index in [1.54, 1.807) is 13.8 Å². The molecule has 8 nitrogen and oxygen atoms in total. The van der Waals surface area contributed by atoms with Gasteiger partial charge in [0.1, 0.15) is 6.04 Å². The van der Waals surface area contributed by atoms with Crippen molar-refractivity contribution in [2.45, 2.75) is 51.6 Å². The second-order valence-corrected chi connectivity index (χ2v) is 6.50. The van der Waals surface area contributed by atoms with E-state index in [0.29, 0.717) is 19.3 Å². The van der Waals surface area contributed by atoms with E-state index in [2.05, 4.69) is 4.72 Å². The molecule has 0 spiro atoms. The van der Waals surface area contributed by atoms with Crippen LogP contribution in [0.4, 0.5) is 0 Å². The first kappa shape index (κ1) is 17.9. The Morgan fingerprint density at radius 3 is 2.62 bits per heavy atom. The van der Waals surface area contributed by atoms with Crippen LogP contribution in [0.2, 0.25) is 0 Å². The van der Waals surface area contributed by atoms with Gasteiger partial charge in [-0.2, -0.15) is 17.4 Å². The standard InChI is InChI=1S/C12H22N2O6S/c1-3-9(8-11(15)16)13-21(18,19)14-7-5-6-10(14)12(17)20-4-2/h9-10,13H,3-8H2,1-2H3,(H,15,16). The fraction of sp³-hybridized carbons (Fsp3) is 0.833. The summed E-state index contributed by atoms with van der Waals surface area (Å²) in [6.07, 6.45) is 1.03. The van der Waals surface area contributed by atoms with Crippen molar-refractivity contribution in [2.75, 3.05) is 13.2 Å². The molecule has 0 bridgehead atoms. The summed E-state index contributed by atoms with van der Waals surface area (Å²) in [5.74, 6) is -1.64. The molecular weight excluding hydrogens is 300 g/mol. The van der Waals surface area contributed by atoms with Crippen LogP contribution in [-0.2, 0) is 24.5 Å². The zero-order valence-corrected chi connectivity index (χ0v) is 13.1. The van der Waals surface area contributed by atoms with Crippen LogP contribution in [0.15, 0.2) is 0 Å². The second-order valence-electron chi connectivity index (χ2n) is 4.85. The average Bonchev–Trinajstić information content (AvgIpc) is 2.87. The molecule has 21 heavy (non-hydrogen) atoms. The molecule has 0 aromatic carbocycles. The number of carbonyl (C=O) groups excluding carboxylic acids is 1. The van der Waals surface area contributed by atoms with Crippen molar-refractivity contribution in [3.05, 3.63) is 0 Å². The van der Waals surface area contributed by atoms with Gasteiger partial charge >= 0.3 is 11.9 Å². The van der Waals surface area contributed by atoms with Crippen LogP contribution in [0.5, 0.6) is 0 Å². The summed E-state index contributed by atoms with van der Waals surface area (Å²) < 4.78 is 32.9. The third kappa shape index (κ3) is 4.94. The molecule has 0 aromatic heterocycles. The molecule has 0 saturated carbocycles. The lowest BCUT2D eigenvalue weighted by atomic mass is 10.2. The Bertz CT molecular complexity index is 478.